The largest absolute Gasteiger partial charge is 0.419 e. The first kappa shape index (κ1) is 14.3. The van der Waals surface area contributed by atoms with Gasteiger partial charge in [0.05, 0.1) is 11.1 Å². The minimum Gasteiger partial charge on any atom is -0.407 e. The van der Waals surface area contributed by atoms with E-state index in [-0.39, 0.29) is 18.1 Å². The number of aromatic nitrogens is 1. The summed E-state index contributed by atoms with van der Waals surface area (Å²) in [5, 5.41) is 11.9. The molecule has 0 unspecified atom stereocenters. The predicted molar refractivity (Wildman–Crippen MR) is 74.7 cm³/mol. The highest BCUT2D eigenvalue weighted by molar-refractivity contribution is 6.04. The summed E-state index contributed by atoms with van der Waals surface area (Å²) in [5.41, 5.74) is 0.762. The van der Waals surface area contributed by atoms with Crippen LogP contribution in [0.1, 0.15) is 24.2 Å². The average molecular weight is 278 g/mol. The molecule has 0 radical (unpaired) electrons. The first-order valence-electron chi connectivity index (χ1n) is 6.33. The lowest BCUT2D eigenvalue weighted by Gasteiger charge is -2.21. The molecule has 108 valence electrons. The number of aliphatic hydroxyl groups excluding tert-OH is 1. The maximum Gasteiger partial charge on any atom is 0.419 e. The molecule has 6 heteroatoms. The van der Waals surface area contributed by atoms with Crippen LogP contribution in [0.2, 0.25) is 0 Å². The second-order valence-corrected chi connectivity index (χ2v) is 5.59. The van der Waals surface area contributed by atoms with E-state index in [1.54, 1.807) is 25.2 Å². The van der Waals surface area contributed by atoms with Gasteiger partial charge in [0, 0.05) is 25.6 Å². The first-order valence-corrected chi connectivity index (χ1v) is 6.33. The summed E-state index contributed by atoms with van der Waals surface area (Å²) < 4.78 is 6.46. The lowest BCUT2D eigenvalue weighted by molar-refractivity contribution is 0.0911. The first-order chi connectivity index (χ1) is 9.35. The van der Waals surface area contributed by atoms with Crippen LogP contribution < -0.4 is 11.1 Å². The highest BCUT2D eigenvalue weighted by atomic mass is 16.4. The number of hydrogen-bond donors (Lipinski definition) is 2. The normalized spacial score (nSPS) is 11.8. The van der Waals surface area contributed by atoms with Crippen LogP contribution >= 0.6 is 0 Å². The van der Waals surface area contributed by atoms with Crippen LogP contribution in [-0.4, -0.2) is 28.7 Å². The molecule has 1 heterocycles. The Hall–Kier alpha value is -2.08. The standard InChI is InChI=1S/C14H18N2O4/c1-14(2,8-17)7-15-12(18)9-5-4-6-10-11(9)20-13(19)16(10)3/h4-6,17H,7-8H2,1-3H3,(H,15,18). The van der Waals surface area contributed by atoms with Crippen LogP contribution in [0.5, 0.6) is 0 Å². The number of oxazole rings is 1. The molecular formula is C14H18N2O4. The highest BCUT2D eigenvalue weighted by Crippen LogP contribution is 2.18. The number of hydrogen-bond acceptors (Lipinski definition) is 4. The molecule has 6 nitrogen and oxygen atoms in total. The molecule has 0 aliphatic rings. The van der Waals surface area contributed by atoms with Crippen molar-refractivity contribution in [3.8, 4) is 0 Å². The Morgan fingerprint density at radius 2 is 2.15 bits per heavy atom. The van der Waals surface area contributed by atoms with Crippen molar-refractivity contribution >= 4 is 17.0 Å². The summed E-state index contributed by atoms with van der Waals surface area (Å²) in [4.78, 5) is 23.7. The lowest BCUT2D eigenvalue weighted by atomic mass is 9.95. The van der Waals surface area contributed by atoms with E-state index in [9.17, 15) is 14.7 Å². The fourth-order valence-electron chi connectivity index (χ4n) is 1.80. The molecule has 2 rings (SSSR count). The lowest BCUT2D eigenvalue weighted by Crippen LogP contribution is -2.36. The topological polar surface area (TPSA) is 84.5 Å². The van der Waals surface area contributed by atoms with Gasteiger partial charge < -0.3 is 14.8 Å². The average Bonchev–Trinajstić information content (AvgIpc) is 2.72. The molecule has 0 aliphatic heterocycles. The van der Waals surface area contributed by atoms with Gasteiger partial charge >= 0.3 is 5.76 Å². The van der Waals surface area contributed by atoms with Crippen molar-refractivity contribution in [3.63, 3.8) is 0 Å². The quantitative estimate of drug-likeness (QED) is 0.869. The summed E-state index contributed by atoms with van der Waals surface area (Å²) in [6.07, 6.45) is 0. The predicted octanol–water partition coefficient (Wildman–Crippen LogP) is 0.880. The molecule has 1 amide bonds. The van der Waals surface area contributed by atoms with Gasteiger partial charge in [0.25, 0.3) is 5.91 Å². The zero-order valence-electron chi connectivity index (χ0n) is 11.8. The molecule has 0 saturated carbocycles. The second-order valence-electron chi connectivity index (χ2n) is 5.59. The van der Waals surface area contributed by atoms with E-state index in [1.807, 2.05) is 13.8 Å². The molecule has 0 spiro atoms. The molecule has 2 N–H and O–H groups in total. The Bertz CT molecular complexity index is 697. The summed E-state index contributed by atoms with van der Waals surface area (Å²) in [6.45, 7) is 3.99. The summed E-state index contributed by atoms with van der Waals surface area (Å²) in [6, 6.07) is 5.02. The number of nitrogens with one attached hydrogen (secondary N) is 1. The van der Waals surface area contributed by atoms with Crippen molar-refractivity contribution < 1.29 is 14.3 Å². The summed E-state index contributed by atoms with van der Waals surface area (Å²) in [5.74, 6) is -0.831. The number of carbonyl (C=O) groups excluding carboxylic acids is 1. The van der Waals surface area contributed by atoms with E-state index >= 15 is 0 Å². The van der Waals surface area contributed by atoms with E-state index < -0.39 is 11.2 Å². The van der Waals surface area contributed by atoms with Crippen LogP contribution in [0.4, 0.5) is 0 Å². The zero-order valence-corrected chi connectivity index (χ0v) is 11.8. The van der Waals surface area contributed by atoms with Crippen molar-refractivity contribution in [1.29, 1.82) is 0 Å². The Morgan fingerprint density at radius 3 is 2.80 bits per heavy atom. The molecule has 1 aromatic carbocycles. The molecule has 0 bridgehead atoms. The van der Waals surface area contributed by atoms with Crippen LogP contribution in [0.15, 0.2) is 27.4 Å². The number of fused-ring (bicyclic) bond motifs is 1. The third-order valence-corrected chi connectivity index (χ3v) is 3.22. The number of benzene rings is 1. The maximum atomic E-state index is 12.2. The minimum absolute atomic E-state index is 0.0299. The van der Waals surface area contributed by atoms with E-state index in [0.717, 1.165) is 0 Å². The fourth-order valence-corrected chi connectivity index (χ4v) is 1.80. The van der Waals surface area contributed by atoms with Gasteiger partial charge in [-0.05, 0) is 12.1 Å². The number of para-hydroxylation sites is 1. The molecular weight excluding hydrogens is 260 g/mol. The number of nitrogens with zero attached hydrogens (tertiary/aromatic N) is 1. The van der Waals surface area contributed by atoms with E-state index in [0.29, 0.717) is 17.6 Å². The molecule has 0 saturated heterocycles. The molecule has 1 aromatic heterocycles. The molecule has 0 atom stereocenters. The fraction of sp³-hybridized carbons (Fsp3) is 0.429. The number of rotatable bonds is 4. The van der Waals surface area contributed by atoms with Gasteiger partial charge in [-0.3, -0.25) is 9.36 Å². The SMILES string of the molecule is Cn1c(=O)oc2c(C(=O)NCC(C)(C)CO)cccc21. The molecule has 0 fully saturated rings. The Balaban J connectivity index is 2.31. The van der Waals surface area contributed by atoms with Crippen LogP contribution in [-0.2, 0) is 7.05 Å². The monoisotopic (exact) mass is 278 g/mol. The summed E-state index contributed by atoms with van der Waals surface area (Å²) in [7, 11) is 1.59. The third kappa shape index (κ3) is 2.60. The van der Waals surface area contributed by atoms with Gasteiger partial charge in [-0.25, -0.2) is 4.79 Å². The van der Waals surface area contributed by atoms with Crippen molar-refractivity contribution in [3.05, 3.63) is 34.3 Å². The van der Waals surface area contributed by atoms with E-state index in [2.05, 4.69) is 5.32 Å². The molecule has 2 aromatic rings. The Morgan fingerprint density at radius 1 is 1.45 bits per heavy atom. The van der Waals surface area contributed by atoms with Crippen LogP contribution in [0.25, 0.3) is 11.1 Å². The van der Waals surface area contributed by atoms with Gasteiger partial charge in [0.15, 0.2) is 5.58 Å². The Kier molecular flexibility index (Phi) is 3.67. The van der Waals surface area contributed by atoms with Crippen molar-refractivity contribution in [1.82, 2.24) is 9.88 Å². The number of carbonyl (C=O) groups is 1. The number of amides is 1. The molecule has 0 aliphatic carbocycles. The van der Waals surface area contributed by atoms with Gasteiger partial charge in [0.1, 0.15) is 0 Å². The van der Waals surface area contributed by atoms with Gasteiger partial charge in [-0.2, -0.15) is 0 Å². The van der Waals surface area contributed by atoms with Gasteiger partial charge in [-0.1, -0.05) is 19.9 Å². The highest BCUT2D eigenvalue weighted by Gasteiger charge is 2.20. The van der Waals surface area contributed by atoms with Gasteiger partial charge in [0.2, 0.25) is 0 Å². The van der Waals surface area contributed by atoms with Crippen molar-refractivity contribution in [2.24, 2.45) is 12.5 Å². The zero-order chi connectivity index (χ0) is 14.9. The van der Waals surface area contributed by atoms with Crippen LogP contribution in [0, 0.1) is 5.41 Å². The molecule has 20 heavy (non-hydrogen) atoms. The van der Waals surface area contributed by atoms with E-state index in [1.165, 1.54) is 4.57 Å². The van der Waals surface area contributed by atoms with Crippen molar-refractivity contribution in [2.45, 2.75) is 13.8 Å². The Labute approximate surface area is 116 Å². The number of aryl methyl sites for hydroxylation is 1. The second kappa shape index (κ2) is 5.13. The van der Waals surface area contributed by atoms with Crippen molar-refractivity contribution in [2.75, 3.05) is 13.2 Å². The van der Waals surface area contributed by atoms with E-state index in [4.69, 9.17) is 4.42 Å². The summed E-state index contributed by atoms with van der Waals surface area (Å²) >= 11 is 0. The third-order valence-electron chi connectivity index (χ3n) is 3.22. The minimum atomic E-state index is -0.504. The van der Waals surface area contributed by atoms with Crippen LogP contribution in [0.3, 0.4) is 0 Å². The maximum absolute atomic E-state index is 12.2. The smallest absolute Gasteiger partial charge is 0.407 e. The van der Waals surface area contributed by atoms with Gasteiger partial charge in [-0.15, -0.1) is 0 Å². The number of aliphatic hydroxyl groups is 1.